The van der Waals surface area contributed by atoms with Gasteiger partial charge < -0.3 is 13.1 Å². The van der Waals surface area contributed by atoms with E-state index in [1.54, 1.807) is 24.3 Å². The van der Waals surface area contributed by atoms with Crippen LogP contribution in [-0.4, -0.2) is 36.0 Å². The molecule has 0 atom stereocenters. The Bertz CT molecular complexity index is 1480. The van der Waals surface area contributed by atoms with Crippen LogP contribution in [0.2, 0.25) is 0 Å². The Morgan fingerprint density at radius 3 is 1.81 bits per heavy atom. The first-order valence-corrected chi connectivity index (χ1v) is 14.8. The number of rotatable bonds is 9. The molecule has 36 heavy (non-hydrogen) atoms. The third kappa shape index (κ3) is 7.60. The summed E-state index contributed by atoms with van der Waals surface area (Å²) >= 11 is 0. The fraction of sp³-hybridized carbons (Fsp3) is 0.259. The smallest absolute Gasteiger partial charge is 0.306 e. The van der Waals surface area contributed by atoms with Crippen molar-refractivity contribution in [3.63, 3.8) is 0 Å². The zero-order chi connectivity index (χ0) is 26.7. The highest BCUT2D eigenvalue weighted by molar-refractivity contribution is 7.86. The lowest BCUT2D eigenvalue weighted by atomic mass is 9.91. The van der Waals surface area contributed by atoms with Crippen molar-refractivity contribution in [2.75, 3.05) is 19.1 Å². The lowest BCUT2D eigenvalue weighted by Crippen LogP contribution is -2.08. The lowest BCUT2D eigenvalue weighted by molar-refractivity contribution is 0.347. The highest BCUT2D eigenvalue weighted by Gasteiger charge is 2.15. The van der Waals surface area contributed by atoms with Crippen molar-refractivity contribution in [3.05, 3.63) is 77.4 Å². The second-order valence-electron chi connectivity index (χ2n) is 8.84. The normalized spacial score (nSPS) is 11.6. The third-order valence-electron chi connectivity index (χ3n) is 5.17. The first-order chi connectivity index (χ1) is 16.7. The number of aryl methyl sites for hydroxylation is 2. The standard InChI is InChI=1S/C27H30O7S2/c1-18(2)13-14-32-25-12-9-22(17-26(25)34-36(6,30)31)23-15-19(3)27(20(4)16-23)21-7-10-24(11-8-21)33-35(5,28)29/h7-13,15-17H,14H2,1-6H3. The summed E-state index contributed by atoms with van der Waals surface area (Å²) in [5, 5.41) is 0. The summed E-state index contributed by atoms with van der Waals surface area (Å²) < 4.78 is 62.3. The monoisotopic (exact) mass is 530 g/mol. The van der Waals surface area contributed by atoms with Crippen molar-refractivity contribution in [2.24, 2.45) is 0 Å². The summed E-state index contributed by atoms with van der Waals surface area (Å²) in [5.74, 6) is 0.708. The van der Waals surface area contributed by atoms with Crippen LogP contribution >= 0.6 is 0 Å². The predicted octanol–water partition coefficient (Wildman–Crippen LogP) is 5.66. The van der Waals surface area contributed by atoms with Gasteiger partial charge in [0.15, 0.2) is 11.5 Å². The van der Waals surface area contributed by atoms with Gasteiger partial charge >= 0.3 is 20.2 Å². The molecule has 0 saturated heterocycles. The van der Waals surface area contributed by atoms with Gasteiger partial charge in [0.1, 0.15) is 12.4 Å². The van der Waals surface area contributed by atoms with E-state index in [1.807, 2.05) is 64.1 Å². The molecule has 3 aromatic rings. The van der Waals surface area contributed by atoms with E-state index >= 15 is 0 Å². The van der Waals surface area contributed by atoms with Crippen LogP contribution in [0.1, 0.15) is 25.0 Å². The second kappa shape index (κ2) is 10.8. The Balaban J connectivity index is 1.97. The van der Waals surface area contributed by atoms with Crippen LogP contribution in [0, 0.1) is 13.8 Å². The molecule has 9 heteroatoms. The number of hydrogen-bond donors (Lipinski definition) is 0. The summed E-state index contributed by atoms with van der Waals surface area (Å²) in [5.41, 5.74) is 6.67. The average Bonchev–Trinajstić information content (AvgIpc) is 2.73. The second-order valence-corrected chi connectivity index (χ2v) is 12.0. The van der Waals surface area contributed by atoms with Gasteiger partial charge in [0.2, 0.25) is 0 Å². The SMILES string of the molecule is CC(C)=CCOc1ccc(-c2cc(C)c(-c3ccc(OS(C)(=O)=O)cc3)c(C)c2)cc1OS(C)(=O)=O. The molecule has 0 saturated carbocycles. The molecule has 0 heterocycles. The maximum absolute atomic E-state index is 11.9. The number of allylic oxidation sites excluding steroid dienone is 1. The Kier molecular flexibility index (Phi) is 8.15. The third-order valence-corrected chi connectivity index (χ3v) is 6.15. The zero-order valence-corrected chi connectivity index (χ0v) is 22.8. The Labute approximate surface area is 213 Å². The van der Waals surface area contributed by atoms with E-state index in [1.165, 1.54) is 0 Å². The van der Waals surface area contributed by atoms with Gasteiger partial charge in [0.05, 0.1) is 12.5 Å². The minimum absolute atomic E-state index is 0.123. The Morgan fingerprint density at radius 2 is 1.28 bits per heavy atom. The maximum Gasteiger partial charge on any atom is 0.306 e. The summed E-state index contributed by atoms with van der Waals surface area (Å²) in [6, 6.07) is 16.1. The largest absolute Gasteiger partial charge is 0.486 e. The highest BCUT2D eigenvalue weighted by atomic mass is 32.2. The van der Waals surface area contributed by atoms with Gasteiger partial charge in [-0.25, -0.2) is 0 Å². The van der Waals surface area contributed by atoms with Gasteiger partial charge in [0, 0.05) is 0 Å². The summed E-state index contributed by atoms with van der Waals surface area (Å²) in [7, 11) is -7.35. The fourth-order valence-corrected chi connectivity index (χ4v) is 4.69. The molecule has 0 amide bonds. The van der Waals surface area contributed by atoms with Gasteiger partial charge in [-0.05, 0) is 91.4 Å². The minimum Gasteiger partial charge on any atom is -0.486 e. The van der Waals surface area contributed by atoms with Gasteiger partial charge in [-0.1, -0.05) is 35.9 Å². The van der Waals surface area contributed by atoms with E-state index in [-0.39, 0.29) is 11.5 Å². The highest BCUT2D eigenvalue weighted by Crippen LogP contribution is 2.37. The van der Waals surface area contributed by atoms with Crippen LogP contribution < -0.4 is 13.1 Å². The first-order valence-electron chi connectivity index (χ1n) is 11.1. The summed E-state index contributed by atoms with van der Waals surface area (Å²) in [6.07, 6.45) is 3.89. The molecule has 0 aromatic heterocycles. The van der Waals surface area contributed by atoms with E-state index in [4.69, 9.17) is 13.1 Å². The molecule has 0 aliphatic carbocycles. The quantitative estimate of drug-likeness (QED) is 0.260. The van der Waals surface area contributed by atoms with Gasteiger partial charge in [-0.15, -0.1) is 0 Å². The number of benzene rings is 3. The molecule has 192 valence electrons. The molecule has 0 fully saturated rings. The molecule has 0 N–H and O–H groups in total. The molecule has 7 nitrogen and oxygen atoms in total. The first kappa shape index (κ1) is 27.3. The van der Waals surface area contributed by atoms with E-state index in [0.717, 1.165) is 51.5 Å². The van der Waals surface area contributed by atoms with E-state index < -0.39 is 20.2 Å². The van der Waals surface area contributed by atoms with E-state index in [9.17, 15) is 16.8 Å². The van der Waals surface area contributed by atoms with E-state index in [0.29, 0.717) is 12.4 Å². The molecule has 0 bridgehead atoms. The van der Waals surface area contributed by atoms with E-state index in [2.05, 4.69) is 0 Å². The molecular weight excluding hydrogens is 500 g/mol. The minimum atomic E-state index is -3.76. The Morgan fingerprint density at radius 1 is 0.722 bits per heavy atom. The van der Waals surface area contributed by atoms with Crippen LogP contribution in [0.4, 0.5) is 0 Å². The number of hydrogen-bond acceptors (Lipinski definition) is 7. The van der Waals surface area contributed by atoms with Crippen LogP contribution in [-0.2, 0) is 20.2 Å². The molecule has 0 aliphatic heterocycles. The van der Waals surface area contributed by atoms with Crippen molar-refractivity contribution in [3.8, 4) is 39.5 Å². The molecule has 0 unspecified atom stereocenters. The maximum atomic E-state index is 11.9. The van der Waals surface area contributed by atoms with Crippen molar-refractivity contribution in [2.45, 2.75) is 27.7 Å². The van der Waals surface area contributed by atoms with Gasteiger partial charge in [-0.2, -0.15) is 16.8 Å². The molecule has 0 radical (unpaired) electrons. The predicted molar refractivity (Wildman–Crippen MR) is 143 cm³/mol. The molecular formula is C27H30O7S2. The topological polar surface area (TPSA) is 96.0 Å². The fourth-order valence-electron chi connectivity index (χ4n) is 3.77. The van der Waals surface area contributed by atoms with Gasteiger partial charge in [-0.3, -0.25) is 0 Å². The van der Waals surface area contributed by atoms with Crippen LogP contribution in [0.15, 0.2) is 66.2 Å². The Hall–Kier alpha value is -3.30. The van der Waals surface area contributed by atoms with Crippen molar-refractivity contribution >= 4 is 20.2 Å². The van der Waals surface area contributed by atoms with Crippen molar-refractivity contribution in [1.29, 1.82) is 0 Å². The summed E-state index contributed by atoms with van der Waals surface area (Å²) in [4.78, 5) is 0. The molecule has 3 rings (SSSR count). The van der Waals surface area contributed by atoms with Crippen molar-refractivity contribution in [1.82, 2.24) is 0 Å². The van der Waals surface area contributed by atoms with Crippen LogP contribution in [0.3, 0.4) is 0 Å². The average molecular weight is 531 g/mol. The molecule has 3 aromatic carbocycles. The molecule has 0 spiro atoms. The lowest BCUT2D eigenvalue weighted by Gasteiger charge is -2.16. The van der Waals surface area contributed by atoms with Gasteiger partial charge in [0.25, 0.3) is 0 Å². The zero-order valence-electron chi connectivity index (χ0n) is 21.2. The van der Waals surface area contributed by atoms with Crippen LogP contribution in [0.25, 0.3) is 22.3 Å². The number of ether oxygens (including phenoxy) is 1. The van der Waals surface area contributed by atoms with Crippen molar-refractivity contribution < 1.29 is 29.9 Å². The summed E-state index contributed by atoms with van der Waals surface area (Å²) in [6.45, 7) is 8.16. The van der Waals surface area contributed by atoms with Crippen LogP contribution in [0.5, 0.6) is 17.2 Å². The molecule has 0 aliphatic rings.